The van der Waals surface area contributed by atoms with Gasteiger partial charge in [0.05, 0.1) is 13.7 Å². The van der Waals surface area contributed by atoms with E-state index in [9.17, 15) is 19.8 Å². The Labute approximate surface area is 189 Å². The van der Waals surface area contributed by atoms with E-state index in [-0.39, 0.29) is 31.1 Å². The highest BCUT2D eigenvalue weighted by atomic mass is 127. The van der Waals surface area contributed by atoms with Gasteiger partial charge in [-0.25, -0.2) is 4.79 Å². The number of nitrogens with one attached hydrogen (secondary N) is 1. The first kappa shape index (κ1) is 22.5. The third kappa shape index (κ3) is 6.69. The zero-order valence-electron chi connectivity index (χ0n) is 14.9. The summed E-state index contributed by atoms with van der Waals surface area (Å²) in [6.45, 7) is 1.60. The van der Waals surface area contributed by atoms with Crippen LogP contribution in [0, 0.1) is 7.14 Å². The number of halogens is 2. The maximum Gasteiger partial charge on any atom is 0.328 e. The standard InChI is InChI=1S/C19H19I2NO6/c1-2-27-19(26)16(7-11-3-5-12(23)6-4-11)22-17(24)10-28-13-8-14(20)18(25)15(21)9-13/h3-6,8-9,16,23,25H,2,7,10H2,1H3,(H,22,24)/t16-/m0/s1. The van der Waals surface area contributed by atoms with E-state index in [1.165, 1.54) is 12.1 Å². The third-order valence-corrected chi connectivity index (χ3v) is 5.29. The van der Waals surface area contributed by atoms with Gasteiger partial charge in [-0.15, -0.1) is 0 Å². The molecule has 0 saturated heterocycles. The van der Waals surface area contributed by atoms with Crippen LogP contribution in [0.4, 0.5) is 0 Å². The molecule has 0 bridgehead atoms. The van der Waals surface area contributed by atoms with Crippen LogP contribution >= 0.6 is 45.2 Å². The second-order valence-electron chi connectivity index (χ2n) is 5.77. The Hall–Kier alpha value is -1.76. The zero-order valence-corrected chi connectivity index (χ0v) is 19.3. The van der Waals surface area contributed by atoms with Crippen LogP contribution in [0.2, 0.25) is 0 Å². The number of rotatable bonds is 8. The highest BCUT2D eigenvalue weighted by Crippen LogP contribution is 2.30. The van der Waals surface area contributed by atoms with Crippen molar-refractivity contribution in [3.63, 3.8) is 0 Å². The van der Waals surface area contributed by atoms with E-state index in [2.05, 4.69) is 5.32 Å². The van der Waals surface area contributed by atoms with Gasteiger partial charge >= 0.3 is 5.97 Å². The van der Waals surface area contributed by atoms with Crippen LogP contribution in [0.3, 0.4) is 0 Å². The largest absolute Gasteiger partial charge is 0.508 e. The van der Waals surface area contributed by atoms with E-state index in [0.29, 0.717) is 12.9 Å². The lowest BCUT2D eigenvalue weighted by atomic mass is 10.1. The lowest BCUT2D eigenvalue weighted by Crippen LogP contribution is -2.45. The predicted molar refractivity (Wildman–Crippen MR) is 119 cm³/mol. The molecule has 0 saturated carbocycles. The molecule has 0 aromatic heterocycles. The molecule has 0 radical (unpaired) electrons. The Morgan fingerprint density at radius 3 is 2.29 bits per heavy atom. The Bertz CT molecular complexity index is 818. The number of carbonyl (C=O) groups is 2. The summed E-state index contributed by atoms with van der Waals surface area (Å²) in [7, 11) is 0. The van der Waals surface area contributed by atoms with Crippen LogP contribution in [0.15, 0.2) is 36.4 Å². The molecule has 1 amide bonds. The average molecular weight is 611 g/mol. The monoisotopic (exact) mass is 611 g/mol. The van der Waals surface area contributed by atoms with Gasteiger partial charge in [-0.3, -0.25) is 4.79 Å². The molecule has 0 unspecified atom stereocenters. The summed E-state index contributed by atoms with van der Waals surface area (Å²) >= 11 is 3.94. The molecule has 0 fully saturated rings. The Balaban J connectivity index is 2.01. The molecule has 150 valence electrons. The molecule has 7 nitrogen and oxygen atoms in total. The Morgan fingerprint density at radius 2 is 1.71 bits per heavy atom. The number of hydrogen-bond donors (Lipinski definition) is 3. The summed E-state index contributed by atoms with van der Waals surface area (Å²) in [5.41, 5.74) is 0.764. The SMILES string of the molecule is CCOC(=O)[C@H](Cc1ccc(O)cc1)NC(=O)COc1cc(I)c(O)c(I)c1. The molecule has 0 aliphatic carbocycles. The molecule has 0 aliphatic rings. The van der Waals surface area contributed by atoms with Crippen LogP contribution in [0.1, 0.15) is 12.5 Å². The van der Waals surface area contributed by atoms with Gasteiger partial charge in [-0.05, 0) is 81.9 Å². The van der Waals surface area contributed by atoms with E-state index in [1.54, 1.807) is 31.2 Å². The predicted octanol–water partition coefficient (Wildman–Crippen LogP) is 2.98. The van der Waals surface area contributed by atoms with Gasteiger partial charge in [0.25, 0.3) is 5.91 Å². The molecule has 2 aromatic rings. The van der Waals surface area contributed by atoms with Crippen LogP contribution in [0.5, 0.6) is 17.2 Å². The maximum atomic E-state index is 12.3. The Kier molecular flexibility index (Phi) is 8.60. The van der Waals surface area contributed by atoms with Crippen LogP contribution < -0.4 is 10.1 Å². The summed E-state index contributed by atoms with van der Waals surface area (Å²) < 4.78 is 11.7. The number of esters is 1. The first-order valence-electron chi connectivity index (χ1n) is 8.34. The first-order valence-corrected chi connectivity index (χ1v) is 10.5. The molecular weight excluding hydrogens is 592 g/mol. The molecule has 0 heterocycles. The number of amides is 1. The number of phenols is 2. The van der Waals surface area contributed by atoms with Crippen molar-refractivity contribution in [2.24, 2.45) is 0 Å². The number of phenolic OH excluding ortho intramolecular Hbond substituents is 2. The fourth-order valence-electron chi connectivity index (χ4n) is 2.31. The number of ether oxygens (including phenoxy) is 2. The molecule has 2 rings (SSSR count). The van der Waals surface area contributed by atoms with E-state index in [0.717, 1.165) is 5.56 Å². The summed E-state index contributed by atoms with van der Waals surface area (Å²) in [5, 5.41) is 21.8. The van der Waals surface area contributed by atoms with Crippen molar-refractivity contribution in [2.45, 2.75) is 19.4 Å². The zero-order chi connectivity index (χ0) is 20.7. The van der Waals surface area contributed by atoms with E-state index >= 15 is 0 Å². The summed E-state index contributed by atoms with van der Waals surface area (Å²) in [4.78, 5) is 24.5. The fraction of sp³-hybridized carbons (Fsp3) is 0.263. The molecule has 0 aliphatic heterocycles. The number of aromatic hydroxyl groups is 2. The molecular formula is C19H19I2NO6. The average Bonchev–Trinajstić information content (AvgIpc) is 2.65. The molecule has 2 aromatic carbocycles. The van der Waals surface area contributed by atoms with Crippen LogP contribution in [-0.4, -0.2) is 41.3 Å². The van der Waals surface area contributed by atoms with E-state index in [1.807, 2.05) is 45.2 Å². The topological polar surface area (TPSA) is 105 Å². The van der Waals surface area contributed by atoms with Gasteiger partial charge in [0.1, 0.15) is 23.3 Å². The van der Waals surface area contributed by atoms with E-state index in [4.69, 9.17) is 9.47 Å². The third-order valence-electron chi connectivity index (χ3n) is 3.64. The molecule has 9 heteroatoms. The van der Waals surface area contributed by atoms with Gasteiger partial charge in [-0.2, -0.15) is 0 Å². The summed E-state index contributed by atoms with van der Waals surface area (Å²) in [6.07, 6.45) is 0.222. The highest BCUT2D eigenvalue weighted by Gasteiger charge is 2.23. The highest BCUT2D eigenvalue weighted by molar-refractivity contribution is 14.1. The van der Waals surface area contributed by atoms with Crippen molar-refractivity contribution >= 4 is 57.1 Å². The van der Waals surface area contributed by atoms with E-state index < -0.39 is 17.9 Å². The van der Waals surface area contributed by atoms with Gasteiger partial charge in [0.2, 0.25) is 0 Å². The quantitative estimate of drug-likeness (QED) is 0.314. The number of benzene rings is 2. The van der Waals surface area contributed by atoms with Gasteiger partial charge in [0, 0.05) is 6.42 Å². The smallest absolute Gasteiger partial charge is 0.328 e. The summed E-state index contributed by atoms with van der Waals surface area (Å²) in [6, 6.07) is 8.72. The number of carbonyl (C=O) groups excluding carboxylic acids is 2. The minimum absolute atomic E-state index is 0.118. The van der Waals surface area contributed by atoms with Crippen LogP contribution in [-0.2, 0) is 20.7 Å². The Morgan fingerprint density at radius 1 is 1.11 bits per heavy atom. The normalized spacial score (nSPS) is 11.5. The van der Waals surface area contributed by atoms with Crippen molar-refractivity contribution in [3.8, 4) is 17.2 Å². The molecule has 0 spiro atoms. The van der Waals surface area contributed by atoms with Crippen molar-refractivity contribution in [2.75, 3.05) is 13.2 Å². The van der Waals surface area contributed by atoms with Gasteiger partial charge < -0.3 is 25.0 Å². The first-order chi connectivity index (χ1) is 13.3. The lowest BCUT2D eigenvalue weighted by molar-refractivity contribution is -0.147. The molecule has 28 heavy (non-hydrogen) atoms. The second kappa shape index (κ2) is 10.7. The van der Waals surface area contributed by atoms with Crippen molar-refractivity contribution in [1.29, 1.82) is 0 Å². The maximum absolute atomic E-state index is 12.3. The minimum Gasteiger partial charge on any atom is -0.508 e. The molecule has 3 N–H and O–H groups in total. The summed E-state index contributed by atoms with van der Waals surface area (Å²) in [5.74, 6) is -0.304. The second-order valence-corrected chi connectivity index (χ2v) is 8.09. The minimum atomic E-state index is -0.874. The van der Waals surface area contributed by atoms with Crippen LogP contribution in [0.25, 0.3) is 0 Å². The number of hydrogen-bond acceptors (Lipinski definition) is 6. The van der Waals surface area contributed by atoms with Crippen molar-refractivity contribution < 1.29 is 29.3 Å². The van der Waals surface area contributed by atoms with Crippen molar-refractivity contribution in [1.82, 2.24) is 5.32 Å². The van der Waals surface area contributed by atoms with Gasteiger partial charge in [0.15, 0.2) is 6.61 Å². The fourth-order valence-corrected chi connectivity index (χ4v) is 4.03. The lowest BCUT2D eigenvalue weighted by Gasteiger charge is -2.18. The molecule has 1 atom stereocenters. The van der Waals surface area contributed by atoms with Gasteiger partial charge in [-0.1, -0.05) is 12.1 Å². The van der Waals surface area contributed by atoms with Crippen molar-refractivity contribution in [3.05, 3.63) is 49.1 Å².